The van der Waals surface area contributed by atoms with Gasteiger partial charge in [0.15, 0.2) is 5.78 Å². The molecule has 0 saturated heterocycles. The van der Waals surface area contributed by atoms with Crippen LogP contribution in [0.1, 0.15) is 41.2 Å². The maximum absolute atomic E-state index is 12.9. The Hall–Kier alpha value is -3.93. The summed E-state index contributed by atoms with van der Waals surface area (Å²) in [5, 5.41) is 5.64. The monoisotopic (exact) mass is 430 g/mol. The number of anilines is 1. The molecule has 0 aliphatic carbocycles. The number of hydrogen-bond acceptors (Lipinski definition) is 4. The highest BCUT2D eigenvalue weighted by molar-refractivity contribution is 5.98. The average molecular weight is 431 g/mol. The van der Waals surface area contributed by atoms with Crippen LogP contribution in [0.25, 0.3) is 0 Å². The van der Waals surface area contributed by atoms with Crippen LogP contribution < -0.4 is 15.4 Å². The van der Waals surface area contributed by atoms with Gasteiger partial charge in [0.25, 0.3) is 5.91 Å². The molecule has 6 nitrogen and oxygen atoms in total. The maximum Gasteiger partial charge on any atom is 0.251 e. The third kappa shape index (κ3) is 6.54. The lowest BCUT2D eigenvalue weighted by atomic mass is 10.0. The Labute approximate surface area is 187 Å². The van der Waals surface area contributed by atoms with Gasteiger partial charge < -0.3 is 15.4 Å². The minimum absolute atomic E-state index is 0.0399. The van der Waals surface area contributed by atoms with E-state index < -0.39 is 6.04 Å². The molecule has 0 aromatic heterocycles. The predicted molar refractivity (Wildman–Crippen MR) is 124 cm³/mol. The van der Waals surface area contributed by atoms with E-state index in [0.29, 0.717) is 29.0 Å². The second-order valence-electron chi connectivity index (χ2n) is 7.27. The van der Waals surface area contributed by atoms with E-state index in [9.17, 15) is 14.4 Å². The first kappa shape index (κ1) is 22.7. The van der Waals surface area contributed by atoms with Crippen molar-refractivity contribution in [3.63, 3.8) is 0 Å². The molecule has 2 amide bonds. The predicted octanol–water partition coefficient (Wildman–Crippen LogP) is 4.54. The molecule has 0 heterocycles. The van der Waals surface area contributed by atoms with Crippen LogP contribution in [-0.2, 0) is 9.59 Å². The largest absolute Gasteiger partial charge is 0.497 e. The molecule has 1 unspecified atom stereocenters. The van der Waals surface area contributed by atoms with E-state index in [0.717, 1.165) is 0 Å². The third-order valence-electron chi connectivity index (χ3n) is 4.96. The number of carbonyl (C=O) groups is 3. The average Bonchev–Trinajstić information content (AvgIpc) is 2.83. The molecule has 0 bridgehead atoms. The van der Waals surface area contributed by atoms with Gasteiger partial charge in [0, 0.05) is 24.1 Å². The molecule has 3 aromatic rings. The van der Waals surface area contributed by atoms with Gasteiger partial charge in [-0.25, -0.2) is 0 Å². The summed E-state index contributed by atoms with van der Waals surface area (Å²) >= 11 is 0. The lowest BCUT2D eigenvalue weighted by molar-refractivity contribution is -0.126. The number of benzene rings is 3. The van der Waals surface area contributed by atoms with Crippen molar-refractivity contribution in [3.05, 3.63) is 96.1 Å². The number of methoxy groups -OCH3 is 1. The van der Waals surface area contributed by atoms with E-state index in [1.807, 2.05) is 36.4 Å². The van der Waals surface area contributed by atoms with Gasteiger partial charge in [-0.1, -0.05) is 48.5 Å². The summed E-state index contributed by atoms with van der Waals surface area (Å²) in [7, 11) is 1.57. The molecule has 0 aliphatic rings. The van der Waals surface area contributed by atoms with Gasteiger partial charge in [0.1, 0.15) is 11.8 Å². The number of amides is 2. The zero-order chi connectivity index (χ0) is 22.8. The normalized spacial score (nSPS) is 11.3. The number of ketones is 1. The number of carbonyl (C=O) groups excluding carboxylic acids is 3. The van der Waals surface area contributed by atoms with E-state index in [2.05, 4.69) is 10.6 Å². The molecule has 3 rings (SSSR count). The summed E-state index contributed by atoms with van der Waals surface area (Å²) in [5.41, 5.74) is 1.91. The fourth-order valence-corrected chi connectivity index (χ4v) is 3.25. The smallest absolute Gasteiger partial charge is 0.251 e. The zero-order valence-electron chi connectivity index (χ0n) is 17.9. The topological polar surface area (TPSA) is 84.5 Å². The van der Waals surface area contributed by atoms with E-state index in [1.54, 1.807) is 55.6 Å². The molecule has 3 aromatic carbocycles. The molecular weight excluding hydrogens is 404 g/mol. The summed E-state index contributed by atoms with van der Waals surface area (Å²) in [6, 6.07) is 24.2. The number of rotatable bonds is 10. The lowest BCUT2D eigenvalue weighted by Crippen LogP contribution is -2.36. The zero-order valence-corrected chi connectivity index (χ0v) is 17.9. The van der Waals surface area contributed by atoms with Gasteiger partial charge in [-0.2, -0.15) is 0 Å². The summed E-state index contributed by atoms with van der Waals surface area (Å²) in [6.45, 7) is 0. The first-order chi connectivity index (χ1) is 15.6. The molecule has 0 radical (unpaired) electrons. The Balaban J connectivity index is 1.57. The molecule has 32 heavy (non-hydrogen) atoms. The van der Waals surface area contributed by atoms with Crippen molar-refractivity contribution in [2.24, 2.45) is 0 Å². The van der Waals surface area contributed by atoms with E-state index >= 15 is 0 Å². The molecule has 0 spiro atoms. The second-order valence-corrected chi connectivity index (χ2v) is 7.27. The second kappa shape index (κ2) is 11.5. The van der Waals surface area contributed by atoms with Crippen molar-refractivity contribution >= 4 is 23.3 Å². The van der Waals surface area contributed by atoms with Gasteiger partial charge in [-0.15, -0.1) is 0 Å². The number of para-hydroxylation sites is 1. The van der Waals surface area contributed by atoms with Crippen LogP contribution in [0, 0.1) is 0 Å². The molecule has 0 aliphatic heterocycles. The highest BCUT2D eigenvalue weighted by Crippen LogP contribution is 2.17. The van der Waals surface area contributed by atoms with Gasteiger partial charge in [0.05, 0.1) is 7.11 Å². The molecule has 1 atom stereocenters. The van der Waals surface area contributed by atoms with Gasteiger partial charge in [-0.05, 0) is 48.4 Å². The minimum atomic E-state index is -0.832. The van der Waals surface area contributed by atoms with Crippen LogP contribution in [0.2, 0.25) is 0 Å². The van der Waals surface area contributed by atoms with Crippen molar-refractivity contribution in [1.82, 2.24) is 5.32 Å². The highest BCUT2D eigenvalue weighted by Gasteiger charge is 2.22. The van der Waals surface area contributed by atoms with Gasteiger partial charge in [-0.3, -0.25) is 14.4 Å². The summed E-state index contributed by atoms with van der Waals surface area (Å²) in [6.07, 6.45) is 0.772. The van der Waals surface area contributed by atoms with Crippen LogP contribution in [0.3, 0.4) is 0 Å². The number of ether oxygens (including phenoxy) is 1. The molecule has 0 fully saturated rings. The Kier molecular flexibility index (Phi) is 8.15. The fourth-order valence-electron chi connectivity index (χ4n) is 3.25. The molecule has 0 saturated carbocycles. The fraction of sp³-hybridized carbons (Fsp3) is 0.192. The van der Waals surface area contributed by atoms with Crippen molar-refractivity contribution in [1.29, 1.82) is 0 Å². The molecular formula is C26H26N2O4. The lowest BCUT2D eigenvalue weighted by Gasteiger charge is -2.19. The van der Waals surface area contributed by atoms with E-state index in [-0.39, 0.29) is 30.4 Å². The Morgan fingerprint density at radius 1 is 0.812 bits per heavy atom. The highest BCUT2D eigenvalue weighted by atomic mass is 16.5. The number of hydrogen-bond donors (Lipinski definition) is 2. The Bertz CT molecular complexity index is 1030. The minimum Gasteiger partial charge on any atom is -0.497 e. The summed E-state index contributed by atoms with van der Waals surface area (Å²) < 4.78 is 5.09. The van der Waals surface area contributed by atoms with Crippen LogP contribution in [0.4, 0.5) is 5.69 Å². The molecule has 2 N–H and O–H groups in total. The summed E-state index contributed by atoms with van der Waals surface area (Å²) in [4.78, 5) is 37.8. The van der Waals surface area contributed by atoms with Crippen molar-refractivity contribution in [3.8, 4) is 5.75 Å². The first-order valence-electron chi connectivity index (χ1n) is 10.4. The van der Waals surface area contributed by atoms with Crippen LogP contribution in [0.5, 0.6) is 5.75 Å². The van der Waals surface area contributed by atoms with Gasteiger partial charge in [0.2, 0.25) is 5.91 Å². The Morgan fingerprint density at radius 2 is 1.44 bits per heavy atom. The standard InChI is InChI=1S/C26H26N2O4/c1-32-22-17-15-19(16-18-22)23(29)13-8-14-24(30)28-25(20-9-4-2-5-10-20)26(31)27-21-11-6-3-7-12-21/h2-7,9-12,15-18,25H,8,13-14H2,1H3,(H,27,31)(H,28,30). The summed E-state index contributed by atoms with van der Waals surface area (Å²) in [5.74, 6) is 0.0261. The first-order valence-corrected chi connectivity index (χ1v) is 10.4. The van der Waals surface area contributed by atoms with Crippen molar-refractivity contribution < 1.29 is 19.1 Å². The van der Waals surface area contributed by atoms with Crippen molar-refractivity contribution in [2.75, 3.05) is 12.4 Å². The SMILES string of the molecule is COc1ccc(C(=O)CCCC(=O)NC(C(=O)Nc2ccccc2)c2ccccc2)cc1. The van der Waals surface area contributed by atoms with Crippen LogP contribution in [0.15, 0.2) is 84.9 Å². The van der Waals surface area contributed by atoms with Crippen molar-refractivity contribution in [2.45, 2.75) is 25.3 Å². The Morgan fingerprint density at radius 3 is 2.06 bits per heavy atom. The maximum atomic E-state index is 12.9. The van der Waals surface area contributed by atoms with Gasteiger partial charge >= 0.3 is 0 Å². The van der Waals surface area contributed by atoms with E-state index in [1.165, 1.54) is 0 Å². The number of Topliss-reactive ketones (excluding diaryl/α,β-unsaturated/α-hetero) is 1. The van der Waals surface area contributed by atoms with E-state index in [4.69, 9.17) is 4.74 Å². The molecule has 6 heteroatoms. The molecule has 164 valence electrons. The third-order valence-corrected chi connectivity index (χ3v) is 4.96. The quantitative estimate of drug-likeness (QED) is 0.463. The van der Waals surface area contributed by atoms with Crippen LogP contribution >= 0.6 is 0 Å². The number of nitrogens with one attached hydrogen (secondary N) is 2. The van der Waals surface area contributed by atoms with Crippen LogP contribution in [-0.4, -0.2) is 24.7 Å².